The highest BCUT2D eigenvalue weighted by molar-refractivity contribution is 6.05. The summed E-state index contributed by atoms with van der Waals surface area (Å²) in [6.07, 6.45) is 0. The maximum absolute atomic E-state index is 12.4. The first-order valence-electron chi connectivity index (χ1n) is 8.12. The third-order valence-electron chi connectivity index (χ3n) is 3.54. The first-order chi connectivity index (χ1) is 12.6. The van der Waals surface area contributed by atoms with E-state index in [1.54, 1.807) is 48.5 Å². The number of hydrogen-bond acceptors (Lipinski definition) is 3. The molecule has 0 aliphatic heterocycles. The van der Waals surface area contributed by atoms with Crippen molar-refractivity contribution in [2.45, 2.75) is 6.92 Å². The lowest BCUT2D eigenvalue weighted by molar-refractivity contribution is -0.114. The number of anilines is 2. The van der Waals surface area contributed by atoms with E-state index in [1.807, 2.05) is 30.3 Å². The van der Waals surface area contributed by atoms with E-state index in [-0.39, 0.29) is 11.8 Å². The molecule has 0 aliphatic rings. The van der Waals surface area contributed by atoms with E-state index in [0.29, 0.717) is 22.7 Å². The van der Waals surface area contributed by atoms with Gasteiger partial charge in [0.05, 0.1) is 0 Å². The zero-order valence-electron chi connectivity index (χ0n) is 14.2. The molecular weight excluding hydrogens is 328 g/mol. The molecule has 26 heavy (non-hydrogen) atoms. The van der Waals surface area contributed by atoms with Crippen molar-refractivity contribution >= 4 is 23.2 Å². The molecule has 0 atom stereocenters. The second-order valence-corrected chi connectivity index (χ2v) is 5.66. The maximum atomic E-state index is 12.4. The highest BCUT2D eigenvalue weighted by atomic mass is 16.5. The third kappa shape index (κ3) is 4.70. The molecule has 0 unspecified atom stereocenters. The Morgan fingerprint density at radius 2 is 1.42 bits per heavy atom. The summed E-state index contributed by atoms with van der Waals surface area (Å²) in [5, 5.41) is 5.48. The van der Waals surface area contributed by atoms with Gasteiger partial charge in [-0.25, -0.2) is 0 Å². The Morgan fingerprint density at radius 3 is 2.12 bits per heavy atom. The van der Waals surface area contributed by atoms with E-state index in [0.717, 1.165) is 5.75 Å². The fourth-order valence-electron chi connectivity index (χ4n) is 2.38. The number of amides is 2. The molecule has 0 radical (unpaired) electrons. The smallest absolute Gasteiger partial charge is 0.255 e. The Bertz CT molecular complexity index is 906. The van der Waals surface area contributed by atoms with Crippen molar-refractivity contribution < 1.29 is 14.3 Å². The van der Waals surface area contributed by atoms with Crippen LogP contribution in [0, 0.1) is 0 Å². The van der Waals surface area contributed by atoms with Crippen molar-refractivity contribution in [2.24, 2.45) is 0 Å². The fourth-order valence-corrected chi connectivity index (χ4v) is 2.38. The predicted molar refractivity (Wildman–Crippen MR) is 102 cm³/mol. The third-order valence-corrected chi connectivity index (χ3v) is 3.54. The van der Waals surface area contributed by atoms with Crippen molar-refractivity contribution in [1.82, 2.24) is 0 Å². The number of ether oxygens (including phenoxy) is 1. The standard InChI is InChI=1S/C21H18N2O3/c1-15(24)22-18-7-5-6-16(14-18)21(25)23-17-10-12-20(13-11-17)26-19-8-3-2-4-9-19/h2-14H,1H3,(H,22,24)(H,23,25). The molecule has 5 nitrogen and oxygen atoms in total. The van der Waals surface area contributed by atoms with E-state index in [4.69, 9.17) is 4.74 Å². The minimum Gasteiger partial charge on any atom is -0.457 e. The monoisotopic (exact) mass is 346 g/mol. The van der Waals surface area contributed by atoms with Gasteiger partial charge in [-0.15, -0.1) is 0 Å². The highest BCUT2D eigenvalue weighted by Gasteiger charge is 2.08. The minimum atomic E-state index is -0.256. The molecule has 3 aromatic rings. The van der Waals surface area contributed by atoms with Crippen molar-refractivity contribution in [2.75, 3.05) is 10.6 Å². The first kappa shape index (κ1) is 17.2. The van der Waals surface area contributed by atoms with Gasteiger partial charge in [0, 0.05) is 23.9 Å². The molecule has 3 aromatic carbocycles. The number of hydrogen-bond donors (Lipinski definition) is 2. The molecule has 5 heteroatoms. The van der Waals surface area contributed by atoms with Crippen molar-refractivity contribution in [3.63, 3.8) is 0 Å². The second kappa shape index (κ2) is 7.98. The minimum absolute atomic E-state index is 0.184. The van der Waals surface area contributed by atoms with Gasteiger partial charge in [0.1, 0.15) is 11.5 Å². The Hall–Kier alpha value is -3.60. The van der Waals surface area contributed by atoms with Gasteiger partial charge in [-0.2, -0.15) is 0 Å². The Labute approximate surface area is 151 Å². The number of benzene rings is 3. The second-order valence-electron chi connectivity index (χ2n) is 5.66. The van der Waals surface area contributed by atoms with E-state index in [1.165, 1.54) is 6.92 Å². The van der Waals surface area contributed by atoms with Crippen LogP contribution in [0.2, 0.25) is 0 Å². The van der Waals surface area contributed by atoms with Gasteiger partial charge in [-0.05, 0) is 54.6 Å². The zero-order chi connectivity index (χ0) is 18.4. The molecule has 3 rings (SSSR count). The van der Waals surface area contributed by atoms with E-state index in [2.05, 4.69) is 10.6 Å². The average Bonchev–Trinajstić information content (AvgIpc) is 2.64. The van der Waals surface area contributed by atoms with Gasteiger partial charge in [0.2, 0.25) is 5.91 Å². The number of para-hydroxylation sites is 1. The van der Waals surface area contributed by atoms with Crippen LogP contribution in [0.15, 0.2) is 78.9 Å². The SMILES string of the molecule is CC(=O)Nc1cccc(C(=O)Nc2ccc(Oc3ccccc3)cc2)c1. The Kier molecular flexibility index (Phi) is 5.29. The van der Waals surface area contributed by atoms with Crippen molar-refractivity contribution in [1.29, 1.82) is 0 Å². The maximum Gasteiger partial charge on any atom is 0.255 e. The summed E-state index contributed by atoms with van der Waals surface area (Å²) in [5.41, 5.74) is 1.69. The quantitative estimate of drug-likeness (QED) is 0.704. The predicted octanol–water partition coefficient (Wildman–Crippen LogP) is 4.69. The topological polar surface area (TPSA) is 67.4 Å². The van der Waals surface area contributed by atoms with Crippen LogP contribution in [0.1, 0.15) is 17.3 Å². The summed E-state index contributed by atoms with van der Waals surface area (Å²) >= 11 is 0. The molecule has 2 N–H and O–H groups in total. The largest absolute Gasteiger partial charge is 0.457 e. The van der Waals surface area contributed by atoms with Gasteiger partial charge >= 0.3 is 0 Å². The lowest BCUT2D eigenvalue weighted by Crippen LogP contribution is -2.13. The molecule has 2 amide bonds. The van der Waals surface area contributed by atoms with Crippen LogP contribution in [0.5, 0.6) is 11.5 Å². The van der Waals surface area contributed by atoms with Crippen LogP contribution in [0.25, 0.3) is 0 Å². The molecular formula is C21H18N2O3. The van der Waals surface area contributed by atoms with Crippen LogP contribution in [0.4, 0.5) is 11.4 Å². The summed E-state index contributed by atoms with van der Waals surface area (Å²) in [4.78, 5) is 23.5. The first-order valence-corrected chi connectivity index (χ1v) is 8.12. The number of nitrogens with one attached hydrogen (secondary N) is 2. The van der Waals surface area contributed by atoms with Gasteiger partial charge in [0.15, 0.2) is 0 Å². The summed E-state index contributed by atoms with van der Waals surface area (Å²) in [6.45, 7) is 1.42. The van der Waals surface area contributed by atoms with E-state index < -0.39 is 0 Å². The van der Waals surface area contributed by atoms with Crippen molar-refractivity contribution in [3.05, 3.63) is 84.4 Å². The molecule has 130 valence electrons. The van der Waals surface area contributed by atoms with Crippen LogP contribution in [0.3, 0.4) is 0 Å². The Balaban J connectivity index is 1.65. The molecule has 0 fully saturated rings. The molecule has 0 spiro atoms. The molecule has 0 aliphatic carbocycles. The molecule has 0 bridgehead atoms. The van der Waals surface area contributed by atoms with Crippen LogP contribution in [-0.2, 0) is 4.79 Å². The van der Waals surface area contributed by atoms with Crippen molar-refractivity contribution in [3.8, 4) is 11.5 Å². The lowest BCUT2D eigenvalue weighted by atomic mass is 10.2. The average molecular weight is 346 g/mol. The zero-order valence-corrected chi connectivity index (χ0v) is 14.2. The molecule has 0 saturated heterocycles. The molecule has 0 aromatic heterocycles. The molecule has 0 heterocycles. The van der Waals surface area contributed by atoms with Gasteiger partial charge in [0.25, 0.3) is 5.91 Å². The summed E-state index contributed by atoms with van der Waals surface area (Å²) in [7, 11) is 0. The summed E-state index contributed by atoms with van der Waals surface area (Å²) < 4.78 is 5.72. The fraction of sp³-hybridized carbons (Fsp3) is 0.0476. The number of rotatable bonds is 5. The normalized spacial score (nSPS) is 10.0. The van der Waals surface area contributed by atoms with Crippen LogP contribution < -0.4 is 15.4 Å². The van der Waals surface area contributed by atoms with E-state index in [9.17, 15) is 9.59 Å². The number of carbonyl (C=O) groups is 2. The van der Waals surface area contributed by atoms with Gasteiger partial charge < -0.3 is 15.4 Å². The summed E-state index contributed by atoms with van der Waals surface area (Å²) in [5.74, 6) is 0.992. The Morgan fingerprint density at radius 1 is 0.731 bits per heavy atom. The van der Waals surface area contributed by atoms with Crippen LogP contribution in [-0.4, -0.2) is 11.8 Å². The summed E-state index contributed by atoms with van der Waals surface area (Å²) in [6, 6.07) is 23.4. The van der Waals surface area contributed by atoms with E-state index >= 15 is 0 Å². The lowest BCUT2D eigenvalue weighted by Gasteiger charge is -2.09. The van der Waals surface area contributed by atoms with Gasteiger partial charge in [-0.1, -0.05) is 24.3 Å². The van der Waals surface area contributed by atoms with Gasteiger partial charge in [-0.3, -0.25) is 9.59 Å². The highest BCUT2D eigenvalue weighted by Crippen LogP contribution is 2.23. The molecule has 0 saturated carbocycles. The number of carbonyl (C=O) groups excluding carboxylic acids is 2. The van der Waals surface area contributed by atoms with Crippen LogP contribution >= 0.6 is 0 Å².